The summed E-state index contributed by atoms with van der Waals surface area (Å²) in [7, 11) is 0. The Bertz CT molecular complexity index is 468. The lowest BCUT2D eigenvalue weighted by atomic mass is 10.2. The van der Waals surface area contributed by atoms with Crippen molar-refractivity contribution in [1.29, 1.82) is 0 Å². The van der Waals surface area contributed by atoms with Gasteiger partial charge in [-0.3, -0.25) is 0 Å². The second-order valence-electron chi connectivity index (χ2n) is 3.73. The predicted octanol–water partition coefficient (Wildman–Crippen LogP) is 0.475. The number of pyridine rings is 1. The van der Waals surface area contributed by atoms with Crippen molar-refractivity contribution in [2.45, 2.75) is 19.9 Å². The molecule has 0 aliphatic heterocycles. The zero-order valence-electron chi connectivity index (χ0n) is 8.74. The maximum Gasteiger partial charge on any atom is 0.176 e. The molecule has 0 spiro atoms. The van der Waals surface area contributed by atoms with Gasteiger partial charge in [0.2, 0.25) is 0 Å². The Kier molecular flexibility index (Phi) is 4.52. The van der Waals surface area contributed by atoms with Crippen molar-refractivity contribution in [3.63, 3.8) is 0 Å². The second kappa shape index (κ2) is 5.25. The van der Waals surface area contributed by atoms with Crippen molar-refractivity contribution < 1.29 is 28.5 Å². The molecule has 80 valence electrons. The van der Waals surface area contributed by atoms with Gasteiger partial charge in [-0.15, -0.1) is 0 Å². The van der Waals surface area contributed by atoms with Gasteiger partial charge < -0.3 is 24.0 Å². The molecule has 0 amide bonds. The van der Waals surface area contributed by atoms with Gasteiger partial charge in [0.15, 0.2) is 18.4 Å². The lowest BCUT2D eigenvalue weighted by Gasteiger charge is -2.02. The molecule has 0 saturated carbocycles. The average molecular weight is 378 g/mol. The Balaban J connectivity index is 0.00000112. The summed E-state index contributed by atoms with van der Waals surface area (Å²) in [5.74, 6) is 0. The molecule has 0 unspecified atom stereocenters. The first-order valence-electron chi connectivity index (χ1n) is 4.77. The number of hydrogen-bond acceptors (Lipinski definition) is 0. The summed E-state index contributed by atoms with van der Waals surface area (Å²) in [6.45, 7) is 4.37. The van der Waals surface area contributed by atoms with Crippen LogP contribution in [-0.4, -0.2) is 0 Å². The fourth-order valence-corrected chi connectivity index (χ4v) is 2.04. The van der Waals surface area contributed by atoms with E-state index in [4.69, 9.17) is 0 Å². The van der Waals surface area contributed by atoms with E-state index in [1.165, 1.54) is 10.8 Å². The summed E-state index contributed by atoms with van der Waals surface area (Å²) in [5.41, 5.74) is 0. The first kappa shape index (κ1) is 12.9. The molecule has 0 atom stereocenters. The molecule has 0 aliphatic rings. The molecule has 15 heavy (non-hydrogen) atoms. The Morgan fingerprint density at radius 2 is 1.93 bits per heavy atom. The van der Waals surface area contributed by atoms with E-state index in [1.54, 1.807) is 0 Å². The molecule has 0 N–H and O–H groups in total. The first-order valence-corrected chi connectivity index (χ1v) is 5.57. The van der Waals surface area contributed by atoms with Crippen molar-refractivity contribution in [2.24, 2.45) is 0 Å². The van der Waals surface area contributed by atoms with Gasteiger partial charge in [0, 0.05) is 21.3 Å². The van der Waals surface area contributed by atoms with Crippen molar-refractivity contribution >= 4 is 26.7 Å². The van der Waals surface area contributed by atoms with Crippen LogP contribution in [0.15, 0.2) is 41.1 Å². The molecule has 2 rings (SSSR count). The smallest absolute Gasteiger partial charge is 0.176 e. The minimum atomic E-state index is 0. The number of rotatable bonds is 1. The number of aromatic nitrogens is 1. The number of benzene rings is 1. The van der Waals surface area contributed by atoms with Gasteiger partial charge in [-0.25, -0.2) is 4.57 Å². The van der Waals surface area contributed by atoms with E-state index in [0.717, 1.165) is 4.47 Å². The van der Waals surface area contributed by atoms with Gasteiger partial charge in [-0.05, 0) is 26.0 Å². The van der Waals surface area contributed by atoms with Crippen LogP contribution in [-0.2, 0) is 0 Å². The fraction of sp³-hybridized carbons (Fsp3) is 0.250. The largest absolute Gasteiger partial charge is 1.00 e. The van der Waals surface area contributed by atoms with E-state index < -0.39 is 0 Å². The molecule has 1 aromatic heterocycles. The average Bonchev–Trinajstić information content (AvgIpc) is 2.17. The third kappa shape index (κ3) is 2.69. The van der Waals surface area contributed by atoms with Gasteiger partial charge in [0.25, 0.3) is 0 Å². The highest BCUT2D eigenvalue weighted by Crippen LogP contribution is 2.22. The van der Waals surface area contributed by atoms with Crippen molar-refractivity contribution in [1.82, 2.24) is 0 Å². The van der Waals surface area contributed by atoms with E-state index in [2.05, 4.69) is 71.0 Å². The van der Waals surface area contributed by atoms with Crippen LogP contribution in [0.4, 0.5) is 0 Å². The summed E-state index contributed by atoms with van der Waals surface area (Å²) in [5, 5.41) is 2.54. The van der Waals surface area contributed by atoms with Crippen LogP contribution in [0, 0.1) is 0 Å². The van der Waals surface area contributed by atoms with Crippen LogP contribution in [0.3, 0.4) is 0 Å². The van der Waals surface area contributed by atoms with Crippen LogP contribution >= 0.6 is 15.9 Å². The Morgan fingerprint density at radius 1 is 1.20 bits per heavy atom. The summed E-state index contributed by atoms with van der Waals surface area (Å²) < 4.78 is 3.38. The molecular weight excluding hydrogens is 365 g/mol. The molecule has 0 fully saturated rings. The third-order valence-electron chi connectivity index (χ3n) is 2.38. The summed E-state index contributed by atoms with van der Waals surface area (Å²) in [6, 6.07) is 8.94. The van der Waals surface area contributed by atoms with Gasteiger partial charge >= 0.3 is 0 Å². The maximum absolute atomic E-state index is 3.55. The molecule has 0 bridgehead atoms. The number of hydrogen-bond donors (Lipinski definition) is 0. The molecule has 2 aromatic rings. The van der Waals surface area contributed by atoms with Crippen LogP contribution < -0.4 is 28.5 Å². The van der Waals surface area contributed by atoms with Gasteiger partial charge in [-0.2, -0.15) is 0 Å². The fourth-order valence-electron chi connectivity index (χ4n) is 1.53. The van der Waals surface area contributed by atoms with Crippen LogP contribution in [0.1, 0.15) is 19.9 Å². The molecule has 1 aromatic carbocycles. The molecule has 3 heteroatoms. The van der Waals surface area contributed by atoms with Gasteiger partial charge in [0.05, 0.1) is 0 Å². The minimum absolute atomic E-state index is 0. The molecule has 1 heterocycles. The monoisotopic (exact) mass is 377 g/mol. The van der Waals surface area contributed by atoms with Gasteiger partial charge in [0.1, 0.15) is 0 Å². The predicted molar refractivity (Wildman–Crippen MR) is 62.2 cm³/mol. The highest BCUT2D eigenvalue weighted by Gasteiger charge is 2.07. The van der Waals surface area contributed by atoms with E-state index >= 15 is 0 Å². The van der Waals surface area contributed by atoms with E-state index in [1.807, 2.05) is 0 Å². The summed E-state index contributed by atoms with van der Waals surface area (Å²) >= 11 is 3.55. The zero-order valence-corrected chi connectivity index (χ0v) is 12.5. The van der Waals surface area contributed by atoms with E-state index in [-0.39, 0.29) is 24.0 Å². The zero-order chi connectivity index (χ0) is 10.1. The number of fused-ring (bicyclic) bond motifs is 1. The number of halogens is 2. The SMILES string of the molecule is CC(C)[n+]1ccc2c(Br)cccc2c1.[I-]. The molecule has 1 nitrogen and oxygen atoms in total. The molecule has 0 aliphatic carbocycles. The normalized spacial score (nSPS) is 10.4. The first-order chi connectivity index (χ1) is 6.68. The van der Waals surface area contributed by atoms with Crippen molar-refractivity contribution in [3.8, 4) is 0 Å². The summed E-state index contributed by atoms with van der Waals surface area (Å²) in [6.07, 6.45) is 4.31. The van der Waals surface area contributed by atoms with Crippen LogP contribution in [0.5, 0.6) is 0 Å². The van der Waals surface area contributed by atoms with E-state index in [0.29, 0.717) is 6.04 Å². The van der Waals surface area contributed by atoms with Crippen molar-refractivity contribution in [3.05, 3.63) is 41.1 Å². The third-order valence-corrected chi connectivity index (χ3v) is 3.08. The lowest BCUT2D eigenvalue weighted by molar-refractivity contribution is -0.715. The number of nitrogens with zero attached hydrogens (tertiary/aromatic N) is 1. The Labute approximate surface area is 116 Å². The Hall–Kier alpha value is -0.160. The van der Waals surface area contributed by atoms with Gasteiger partial charge in [-0.1, -0.05) is 22.0 Å². The molecule has 0 radical (unpaired) electrons. The standard InChI is InChI=1S/C12H13BrN.HI/c1-9(2)14-7-6-11-10(8-14)4-3-5-12(11)13;/h3-9H,1-2H3;1H/q+1;/p-1. The summed E-state index contributed by atoms with van der Waals surface area (Å²) in [4.78, 5) is 0. The van der Waals surface area contributed by atoms with Crippen LogP contribution in [0.2, 0.25) is 0 Å². The lowest BCUT2D eigenvalue weighted by Crippen LogP contribution is -3.00. The van der Waals surface area contributed by atoms with Crippen LogP contribution in [0.25, 0.3) is 10.8 Å². The minimum Gasteiger partial charge on any atom is -1.00 e. The van der Waals surface area contributed by atoms with E-state index in [9.17, 15) is 0 Å². The maximum atomic E-state index is 3.55. The molecule has 0 saturated heterocycles. The highest BCUT2D eigenvalue weighted by molar-refractivity contribution is 9.10. The topological polar surface area (TPSA) is 3.88 Å². The second-order valence-corrected chi connectivity index (χ2v) is 4.58. The van der Waals surface area contributed by atoms with Crippen molar-refractivity contribution in [2.75, 3.05) is 0 Å². The molecular formula is C12H13BrIN. The highest BCUT2D eigenvalue weighted by atomic mass is 127. The quantitative estimate of drug-likeness (QED) is 0.502. The Morgan fingerprint density at radius 3 is 2.60 bits per heavy atom.